The van der Waals surface area contributed by atoms with Gasteiger partial charge in [-0.15, -0.1) is 0 Å². The fourth-order valence-electron chi connectivity index (χ4n) is 2.39. The van der Waals surface area contributed by atoms with Crippen molar-refractivity contribution in [3.8, 4) is 5.75 Å². The molecule has 20 heavy (non-hydrogen) atoms. The van der Waals surface area contributed by atoms with Crippen LogP contribution in [-0.2, 0) is 11.3 Å². The molecule has 1 aromatic carbocycles. The Morgan fingerprint density at radius 1 is 1.50 bits per heavy atom. The number of nitrogens with zero attached hydrogens (tertiary/aromatic N) is 1. The lowest BCUT2D eigenvalue weighted by Crippen LogP contribution is -2.36. The summed E-state index contributed by atoms with van der Waals surface area (Å²) in [5, 5.41) is 8.76. The van der Waals surface area contributed by atoms with E-state index in [1.54, 1.807) is 13.2 Å². The zero-order chi connectivity index (χ0) is 14.5. The quantitative estimate of drug-likeness (QED) is 0.811. The number of methoxy groups -OCH3 is 1. The highest BCUT2D eigenvalue weighted by molar-refractivity contribution is 5.85. The number of hydrogen-bond acceptors (Lipinski definition) is 3. The maximum Gasteiger partial charge on any atom is 0.328 e. The van der Waals surface area contributed by atoms with E-state index >= 15 is 0 Å². The van der Waals surface area contributed by atoms with Crippen LogP contribution in [0, 0.1) is 0 Å². The summed E-state index contributed by atoms with van der Waals surface area (Å²) in [6.45, 7) is 0.807. The predicted octanol–water partition coefficient (Wildman–Crippen LogP) is 2.78. The van der Waals surface area contributed by atoms with E-state index in [1.165, 1.54) is 25.3 Å². The molecule has 1 aliphatic rings. The van der Waals surface area contributed by atoms with Crippen molar-refractivity contribution in [3.05, 3.63) is 35.4 Å². The smallest absolute Gasteiger partial charge is 0.328 e. The molecule has 0 saturated heterocycles. The molecule has 0 atom stereocenters. The van der Waals surface area contributed by atoms with Gasteiger partial charge in [0.2, 0.25) is 0 Å². The molecule has 2 rings (SSSR count). The van der Waals surface area contributed by atoms with E-state index in [2.05, 4.69) is 11.9 Å². The van der Waals surface area contributed by atoms with E-state index in [4.69, 9.17) is 9.84 Å². The van der Waals surface area contributed by atoms with Gasteiger partial charge in [0.15, 0.2) is 0 Å². The molecule has 0 amide bonds. The Balaban J connectivity index is 2.19. The number of carbonyl (C=O) groups is 1. The molecule has 1 aliphatic carbocycles. The van der Waals surface area contributed by atoms with E-state index in [9.17, 15) is 4.79 Å². The summed E-state index contributed by atoms with van der Waals surface area (Å²) in [5.41, 5.74) is 2.02. The number of carboxylic acids is 1. The molecule has 1 N–H and O–H groups in total. The average molecular weight is 275 g/mol. The van der Waals surface area contributed by atoms with Crippen LogP contribution in [0.5, 0.6) is 5.75 Å². The van der Waals surface area contributed by atoms with Crippen molar-refractivity contribution >= 4 is 12.0 Å². The highest BCUT2D eigenvalue weighted by Gasteiger charge is 2.22. The van der Waals surface area contributed by atoms with Crippen LogP contribution in [0.1, 0.15) is 30.4 Å². The zero-order valence-electron chi connectivity index (χ0n) is 12.0. The molecule has 0 radical (unpaired) electrons. The Labute approximate surface area is 119 Å². The Morgan fingerprint density at radius 3 is 2.80 bits per heavy atom. The van der Waals surface area contributed by atoms with E-state index in [1.807, 2.05) is 18.2 Å². The first kappa shape index (κ1) is 14.6. The molecular formula is C16H21NO3. The van der Waals surface area contributed by atoms with Gasteiger partial charge in [-0.1, -0.05) is 12.5 Å². The first-order chi connectivity index (χ1) is 9.60. The molecule has 4 nitrogen and oxygen atoms in total. The van der Waals surface area contributed by atoms with Gasteiger partial charge in [-0.25, -0.2) is 4.79 Å². The van der Waals surface area contributed by atoms with Crippen LogP contribution in [0.3, 0.4) is 0 Å². The van der Waals surface area contributed by atoms with Crippen LogP contribution in [0.25, 0.3) is 6.08 Å². The predicted molar refractivity (Wildman–Crippen MR) is 78.8 cm³/mol. The van der Waals surface area contributed by atoms with Crippen molar-refractivity contribution in [1.29, 1.82) is 0 Å². The zero-order valence-corrected chi connectivity index (χ0v) is 12.0. The Hall–Kier alpha value is -1.81. The van der Waals surface area contributed by atoms with Crippen LogP contribution < -0.4 is 4.74 Å². The number of rotatable bonds is 6. The van der Waals surface area contributed by atoms with Crippen molar-refractivity contribution in [3.63, 3.8) is 0 Å². The lowest BCUT2D eigenvalue weighted by Gasteiger charge is -2.35. The van der Waals surface area contributed by atoms with E-state index in [0.717, 1.165) is 23.4 Å². The molecule has 0 unspecified atom stereocenters. The second-order valence-electron chi connectivity index (χ2n) is 5.24. The summed E-state index contributed by atoms with van der Waals surface area (Å²) >= 11 is 0. The first-order valence-corrected chi connectivity index (χ1v) is 6.88. The average Bonchev–Trinajstić information content (AvgIpc) is 2.34. The van der Waals surface area contributed by atoms with E-state index in [0.29, 0.717) is 6.04 Å². The van der Waals surface area contributed by atoms with Gasteiger partial charge in [0.25, 0.3) is 0 Å². The van der Waals surface area contributed by atoms with Gasteiger partial charge in [0, 0.05) is 18.7 Å². The van der Waals surface area contributed by atoms with Crippen molar-refractivity contribution in [2.45, 2.75) is 31.8 Å². The number of carboxylic acid groups (broad SMARTS) is 1. The van der Waals surface area contributed by atoms with Crippen LogP contribution in [0.2, 0.25) is 0 Å². The van der Waals surface area contributed by atoms with Gasteiger partial charge in [-0.3, -0.25) is 4.90 Å². The number of benzene rings is 1. The van der Waals surface area contributed by atoms with Crippen molar-refractivity contribution in [2.75, 3.05) is 14.2 Å². The molecule has 0 bridgehead atoms. The van der Waals surface area contributed by atoms with Crippen molar-refractivity contribution in [2.24, 2.45) is 0 Å². The largest absolute Gasteiger partial charge is 0.497 e. The van der Waals surface area contributed by atoms with Gasteiger partial charge in [-0.2, -0.15) is 0 Å². The first-order valence-electron chi connectivity index (χ1n) is 6.88. The van der Waals surface area contributed by atoms with Crippen molar-refractivity contribution in [1.82, 2.24) is 4.90 Å². The molecule has 0 aromatic heterocycles. The number of ether oxygens (including phenoxy) is 1. The molecule has 1 aromatic rings. The fourth-order valence-corrected chi connectivity index (χ4v) is 2.39. The molecule has 4 heteroatoms. The third-order valence-electron chi connectivity index (χ3n) is 3.87. The molecule has 0 heterocycles. The molecule has 1 saturated carbocycles. The van der Waals surface area contributed by atoms with Crippen molar-refractivity contribution < 1.29 is 14.6 Å². The third-order valence-corrected chi connectivity index (χ3v) is 3.87. The lowest BCUT2D eigenvalue weighted by molar-refractivity contribution is -0.131. The monoisotopic (exact) mass is 275 g/mol. The Morgan fingerprint density at radius 2 is 2.25 bits per heavy atom. The van der Waals surface area contributed by atoms with Gasteiger partial charge < -0.3 is 9.84 Å². The maximum atomic E-state index is 10.7. The third kappa shape index (κ3) is 3.61. The Kier molecular flexibility index (Phi) is 4.79. The lowest BCUT2D eigenvalue weighted by atomic mass is 9.91. The van der Waals surface area contributed by atoms with Gasteiger partial charge in [0.1, 0.15) is 5.75 Å². The molecular weight excluding hydrogens is 254 g/mol. The standard InChI is InChI=1S/C16H21NO3/c1-17(14-4-3-5-14)11-13-10-15(20-2)8-6-12(13)7-9-16(18)19/h6-10,14H,3-5,11H2,1-2H3,(H,18,19)/b9-7+. The topological polar surface area (TPSA) is 49.8 Å². The van der Waals surface area contributed by atoms with Crippen LogP contribution in [0.15, 0.2) is 24.3 Å². The highest BCUT2D eigenvalue weighted by Crippen LogP contribution is 2.27. The minimum absolute atomic E-state index is 0.650. The summed E-state index contributed by atoms with van der Waals surface area (Å²) in [6, 6.07) is 6.39. The molecule has 0 aliphatic heterocycles. The summed E-state index contributed by atoms with van der Waals surface area (Å²) in [4.78, 5) is 13.0. The second-order valence-corrected chi connectivity index (χ2v) is 5.24. The summed E-state index contributed by atoms with van der Waals surface area (Å²) in [7, 11) is 3.76. The Bertz CT molecular complexity index is 506. The minimum atomic E-state index is -0.931. The SMILES string of the molecule is COc1ccc(/C=C/C(=O)O)c(CN(C)C2CCC2)c1. The fraction of sp³-hybridized carbons (Fsp3) is 0.438. The highest BCUT2D eigenvalue weighted by atomic mass is 16.5. The van der Waals surface area contributed by atoms with Gasteiger partial charge in [-0.05, 0) is 49.2 Å². The number of hydrogen-bond donors (Lipinski definition) is 1. The second kappa shape index (κ2) is 6.57. The summed E-state index contributed by atoms with van der Waals surface area (Å²) in [6.07, 6.45) is 6.63. The summed E-state index contributed by atoms with van der Waals surface area (Å²) < 4.78 is 5.26. The van der Waals surface area contributed by atoms with Crippen LogP contribution in [0.4, 0.5) is 0 Å². The maximum absolute atomic E-state index is 10.7. The molecule has 1 fully saturated rings. The van der Waals surface area contributed by atoms with Gasteiger partial charge in [0.05, 0.1) is 7.11 Å². The van der Waals surface area contributed by atoms with Crippen LogP contribution in [-0.4, -0.2) is 36.2 Å². The van der Waals surface area contributed by atoms with Gasteiger partial charge >= 0.3 is 5.97 Å². The molecule has 108 valence electrons. The number of aliphatic carboxylic acids is 1. The van der Waals surface area contributed by atoms with Crippen LogP contribution >= 0.6 is 0 Å². The minimum Gasteiger partial charge on any atom is -0.497 e. The summed E-state index contributed by atoms with van der Waals surface area (Å²) in [5.74, 6) is -0.131. The normalized spacial score (nSPS) is 15.6. The van der Waals surface area contributed by atoms with E-state index < -0.39 is 5.97 Å². The molecule has 0 spiro atoms. The van der Waals surface area contributed by atoms with E-state index in [-0.39, 0.29) is 0 Å².